The Morgan fingerprint density at radius 3 is 2.16 bits per heavy atom. The van der Waals surface area contributed by atoms with E-state index in [0.717, 1.165) is 17.0 Å². The first-order valence-corrected chi connectivity index (χ1v) is 12.0. The van der Waals surface area contributed by atoms with Gasteiger partial charge in [-0.05, 0) is 55.5 Å². The van der Waals surface area contributed by atoms with Crippen LogP contribution in [0, 0.1) is 22.0 Å². The van der Waals surface area contributed by atoms with E-state index in [-0.39, 0.29) is 60.4 Å². The third-order valence-corrected chi connectivity index (χ3v) is 7.58. The molecule has 2 amide bonds. The van der Waals surface area contributed by atoms with E-state index in [2.05, 4.69) is 0 Å². The van der Waals surface area contributed by atoms with Crippen molar-refractivity contribution in [3.05, 3.63) is 75.9 Å². The number of carbonyl (C=O) groups excluding carboxylic acids is 2. The van der Waals surface area contributed by atoms with Crippen LogP contribution in [-0.4, -0.2) is 34.9 Å². The number of nitro groups is 1. The Morgan fingerprint density at radius 1 is 0.973 bits per heavy atom. The van der Waals surface area contributed by atoms with Gasteiger partial charge in [-0.2, -0.15) is 13.2 Å². The molecule has 2 fully saturated rings. The number of hydrogen-bond acceptors (Lipinski definition) is 6. The summed E-state index contributed by atoms with van der Waals surface area (Å²) in [7, 11) is 0. The van der Waals surface area contributed by atoms with Gasteiger partial charge in [0, 0.05) is 19.2 Å². The minimum absolute atomic E-state index is 0.0622. The minimum Gasteiger partial charge on any atom is -0.385 e. The molecule has 2 aliphatic heterocycles. The molecule has 1 aliphatic carbocycles. The zero-order valence-electron chi connectivity index (χ0n) is 19.6. The monoisotopic (exact) mass is 515 g/mol. The van der Waals surface area contributed by atoms with Gasteiger partial charge in [0.1, 0.15) is 5.69 Å². The average Bonchev–Trinajstić information content (AvgIpc) is 3.14. The first kappa shape index (κ1) is 24.9. The molecular formula is C26H24F3N3O5. The number of benzene rings is 2. The Kier molecular flexibility index (Phi) is 6.06. The summed E-state index contributed by atoms with van der Waals surface area (Å²) < 4.78 is 39.4. The van der Waals surface area contributed by atoms with Crippen molar-refractivity contribution in [3.63, 3.8) is 0 Å². The second-order valence-electron chi connectivity index (χ2n) is 9.70. The quantitative estimate of drug-likeness (QED) is 0.277. The number of piperidine rings is 1. The summed E-state index contributed by atoms with van der Waals surface area (Å²) in [4.78, 5) is 39.9. The summed E-state index contributed by atoms with van der Waals surface area (Å²) in [6, 6.07) is 8.75. The standard InChI is InChI=1S/C26H24F3N3O5/c27-26(28,29)17-5-3-4-16(14-17)25(35)10-12-30(13-11-25)21-9-8-18(15-22(21)32(36)37)31-23(33)19-6-1-2-7-20(19)24(31)34/h1-5,8-9,14-15,19-20,35H,6-7,10-13H2/t19-,20+. The summed E-state index contributed by atoms with van der Waals surface area (Å²) in [6.07, 6.45) is 0.209. The lowest BCUT2D eigenvalue weighted by atomic mass is 9.83. The van der Waals surface area contributed by atoms with Gasteiger partial charge in [0.05, 0.1) is 33.6 Å². The van der Waals surface area contributed by atoms with E-state index in [9.17, 15) is 38.0 Å². The van der Waals surface area contributed by atoms with Gasteiger partial charge in [0.15, 0.2) is 0 Å². The lowest BCUT2D eigenvalue weighted by molar-refractivity contribution is -0.384. The van der Waals surface area contributed by atoms with Crippen molar-refractivity contribution in [3.8, 4) is 0 Å². The molecule has 2 aromatic carbocycles. The zero-order chi connectivity index (χ0) is 26.5. The van der Waals surface area contributed by atoms with E-state index in [1.807, 2.05) is 12.2 Å². The molecule has 1 N–H and O–H groups in total. The topological polar surface area (TPSA) is 104 Å². The van der Waals surface area contributed by atoms with Crippen LogP contribution in [0.15, 0.2) is 54.6 Å². The number of hydrogen-bond donors (Lipinski definition) is 1. The van der Waals surface area contributed by atoms with Crippen molar-refractivity contribution in [1.29, 1.82) is 0 Å². The fraction of sp³-hybridized carbons (Fsp3) is 0.385. The van der Waals surface area contributed by atoms with E-state index >= 15 is 0 Å². The first-order valence-electron chi connectivity index (χ1n) is 12.0. The van der Waals surface area contributed by atoms with Crippen LogP contribution >= 0.6 is 0 Å². The van der Waals surface area contributed by atoms with Crippen LogP contribution in [0.1, 0.15) is 36.8 Å². The lowest BCUT2D eigenvalue weighted by Gasteiger charge is -2.39. The molecule has 11 heteroatoms. The van der Waals surface area contributed by atoms with Gasteiger partial charge in [-0.1, -0.05) is 24.3 Å². The molecule has 8 nitrogen and oxygen atoms in total. The number of rotatable bonds is 4. The number of amides is 2. The number of nitro benzene ring substituents is 1. The number of fused-ring (bicyclic) bond motifs is 1. The Morgan fingerprint density at radius 2 is 1.59 bits per heavy atom. The lowest BCUT2D eigenvalue weighted by Crippen LogP contribution is -2.43. The predicted octanol–water partition coefficient (Wildman–Crippen LogP) is 4.56. The molecule has 2 aromatic rings. The molecule has 194 valence electrons. The van der Waals surface area contributed by atoms with Crippen molar-refractivity contribution < 1.29 is 32.8 Å². The van der Waals surface area contributed by atoms with Crippen LogP contribution in [-0.2, 0) is 21.4 Å². The predicted molar refractivity (Wildman–Crippen MR) is 128 cm³/mol. The normalized spacial score (nSPS) is 23.4. The van der Waals surface area contributed by atoms with E-state index in [1.165, 1.54) is 30.3 Å². The van der Waals surface area contributed by atoms with Crippen molar-refractivity contribution in [2.24, 2.45) is 11.8 Å². The van der Waals surface area contributed by atoms with E-state index in [0.29, 0.717) is 12.8 Å². The molecule has 0 aromatic heterocycles. The molecular weight excluding hydrogens is 491 g/mol. The van der Waals surface area contributed by atoms with Gasteiger partial charge < -0.3 is 10.0 Å². The molecule has 3 aliphatic rings. The highest BCUT2D eigenvalue weighted by Crippen LogP contribution is 2.42. The van der Waals surface area contributed by atoms with Gasteiger partial charge in [0.25, 0.3) is 5.69 Å². The molecule has 0 saturated carbocycles. The molecule has 2 saturated heterocycles. The summed E-state index contributed by atoms with van der Waals surface area (Å²) in [6.45, 7) is 0.314. The van der Waals surface area contributed by atoms with Crippen molar-refractivity contribution in [2.75, 3.05) is 22.9 Å². The van der Waals surface area contributed by atoms with Gasteiger partial charge >= 0.3 is 6.18 Å². The summed E-state index contributed by atoms with van der Waals surface area (Å²) >= 11 is 0. The molecule has 0 bridgehead atoms. The van der Waals surface area contributed by atoms with Gasteiger partial charge in [0.2, 0.25) is 11.8 Å². The number of carbonyl (C=O) groups is 2. The maximum atomic E-state index is 13.1. The SMILES string of the molecule is O=C1[C@H]2CC=CC[C@H]2C(=O)N1c1ccc(N2CCC(O)(c3cccc(C(F)(F)F)c3)CC2)c([N+](=O)[O-])c1. The molecule has 37 heavy (non-hydrogen) atoms. The van der Waals surface area contributed by atoms with Crippen LogP contribution < -0.4 is 9.80 Å². The summed E-state index contributed by atoms with van der Waals surface area (Å²) in [5, 5.41) is 23.1. The minimum atomic E-state index is -4.54. The van der Waals surface area contributed by atoms with Crippen LogP contribution in [0.25, 0.3) is 0 Å². The number of halogens is 3. The summed E-state index contributed by atoms with van der Waals surface area (Å²) in [5.41, 5.74) is -2.13. The largest absolute Gasteiger partial charge is 0.416 e. The first-order chi connectivity index (χ1) is 17.5. The zero-order valence-corrected chi connectivity index (χ0v) is 19.6. The molecule has 0 spiro atoms. The molecule has 0 unspecified atom stereocenters. The second kappa shape index (κ2) is 8.98. The Balaban J connectivity index is 1.38. The van der Waals surface area contributed by atoms with Gasteiger partial charge in [-0.25, -0.2) is 4.90 Å². The average molecular weight is 515 g/mol. The van der Waals surface area contributed by atoms with Crippen molar-refractivity contribution in [2.45, 2.75) is 37.5 Å². The number of allylic oxidation sites excluding steroid dienone is 2. The fourth-order valence-electron chi connectivity index (χ4n) is 5.51. The van der Waals surface area contributed by atoms with Crippen molar-refractivity contribution >= 4 is 28.9 Å². The fourth-order valence-corrected chi connectivity index (χ4v) is 5.51. The van der Waals surface area contributed by atoms with E-state index < -0.39 is 34.1 Å². The molecule has 2 heterocycles. The third-order valence-electron chi connectivity index (χ3n) is 7.58. The Hall–Kier alpha value is -3.73. The smallest absolute Gasteiger partial charge is 0.385 e. The van der Waals surface area contributed by atoms with Crippen LogP contribution in [0.3, 0.4) is 0 Å². The molecule has 5 rings (SSSR count). The highest BCUT2D eigenvalue weighted by Gasteiger charge is 2.48. The number of imide groups is 1. The van der Waals surface area contributed by atoms with E-state index in [1.54, 1.807) is 4.90 Å². The molecule has 0 radical (unpaired) electrons. The highest BCUT2D eigenvalue weighted by molar-refractivity contribution is 6.22. The van der Waals surface area contributed by atoms with Crippen LogP contribution in [0.4, 0.5) is 30.2 Å². The number of alkyl halides is 3. The number of aliphatic hydroxyl groups is 1. The van der Waals surface area contributed by atoms with Gasteiger partial charge in [-0.15, -0.1) is 0 Å². The Bertz CT molecular complexity index is 1270. The van der Waals surface area contributed by atoms with Crippen LogP contribution in [0.5, 0.6) is 0 Å². The highest BCUT2D eigenvalue weighted by atomic mass is 19.4. The second-order valence-corrected chi connectivity index (χ2v) is 9.70. The molecule has 2 atom stereocenters. The Labute approximate surface area is 210 Å². The third kappa shape index (κ3) is 4.37. The summed E-state index contributed by atoms with van der Waals surface area (Å²) in [5.74, 6) is -1.67. The van der Waals surface area contributed by atoms with Gasteiger partial charge in [-0.3, -0.25) is 19.7 Å². The maximum Gasteiger partial charge on any atom is 0.416 e. The van der Waals surface area contributed by atoms with Crippen LogP contribution in [0.2, 0.25) is 0 Å². The van der Waals surface area contributed by atoms with Crippen molar-refractivity contribution in [1.82, 2.24) is 0 Å². The number of anilines is 2. The maximum absolute atomic E-state index is 13.1. The van der Waals surface area contributed by atoms with E-state index in [4.69, 9.17) is 0 Å². The number of nitrogens with zero attached hydrogens (tertiary/aromatic N) is 3.